The van der Waals surface area contributed by atoms with Gasteiger partial charge in [-0.05, 0) is 30.9 Å². The molecule has 0 unspecified atom stereocenters. The maximum absolute atomic E-state index is 12.1. The van der Waals surface area contributed by atoms with Crippen molar-refractivity contribution in [3.05, 3.63) is 17.3 Å². The number of hydrogen-bond donors (Lipinski definition) is 1. The second kappa shape index (κ2) is 6.25. The van der Waals surface area contributed by atoms with Crippen LogP contribution in [0.25, 0.3) is 0 Å². The number of carbonyl (C=O) groups excluding carboxylic acids is 1. The van der Waals surface area contributed by atoms with E-state index in [1.807, 2.05) is 33.8 Å². The Hall–Kier alpha value is -1.58. The highest BCUT2D eigenvalue weighted by molar-refractivity contribution is 5.95. The van der Waals surface area contributed by atoms with Crippen molar-refractivity contribution in [2.75, 3.05) is 12.4 Å². The number of nitrogens with one attached hydrogen (secondary N) is 1. The lowest BCUT2D eigenvalue weighted by atomic mass is 9.95. The maximum atomic E-state index is 12.1. The molecule has 1 aromatic rings. The maximum Gasteiger partial charge on any atom is 0.237 e. The molecule has 0 spiro atoms. The largest absolute Gasteiger partial charge is 0.480 e. The van der Waals surface area contributed by atoms with Gasteiger partial charge in [-0.25, -0.2) is 4.98 Å². The fourth-order valence-electron chi connectivity index (χ4n) is 1.83. The fourth-order valence-corrected chi connectivity index (χ4v) is 1.83. The number of aryl methyl sites for hydroxylation is 1. The number of hydrogen-bond acceptors (Lipinski definition) is 3. The van der Waals surface area contributed by atoms with Crippen LogP contribution in [0.3, 0.4) is 0 Å². The Morgan fingerprint density at radius 2 is 2.00 bits per heavy atom. The molecule has 0 aliphatic heterocycles. The van der Waals surface area contributed by atoms with Crippen molar-refractivity contribution in [2.45, 2.75) is 48.0 Å². The molecule has 0 fully saturated rings. The number of rotatable bonds is 4. The summed E-state index contributed by atoms with van der Waals surface area (Å²) in [5.74, 6) is 0.958. The quantitative estimate of drug-likeness (QED) is 0.915. The first-order valence-corrected chi connectivity index (χ1v) is 7.01. The molecule has 0 atom stereocenters. The highest BCUT2D eigenvalue weighted by Crippen LogP contribution is 2.28. The van der Waals surface area contributed by atoms with E-state index in [0.29, 0.717) is 17.5 Å². The van der Waals surface area contributed by atoms with Crippen LogP contribution in [0.1, 0.15) is 45.9 Å². The first kappa shape index (κ1) is 16.5. The van der Waals surface area contributed by atoms with Gasteiger partial charge in [0.25, 0.3) is 0 Å². The van der Waals surface area contributed by atoms with Gasteiger partial charge in [-0.15, -0.1) is 0 Å². The van der Waals surface area contributed by atoms with Crippen LogP contribution in [-0.2, 0) is 11.2 Å². The summed E-state index contributed by atoms with van der Waals surface area (Å²) < 4.78 is 5.27. The topological polar surface area (TPSA) is 51.2 Å². The molecule has 1 N–H and O–H groups in total. The minimum atomic E-state index is -0.450. The normalized spacial score (nSPS) is 11.6. The second-order valence-corrected chi connectivity index (χ2v) is 6.59. The van der Waals surface area contributed by atoms with E-state index < -0.39 is 5.41 Å². The molecular formula is C16H26N2O2. The molecule has 0 radical (unpaired) electrons. The Balaban J connectivity index is 3.13. The van der Waals surface area contributed by atoms with Crippen LogP contribution in [0.15, 0.2) is 6.07 Å². The van der Waals surface area contributed by atoms with Crippen LogP contribution in [0.4, 0.5) is 5.69 Å². The fraction of sp³-hybridized carbons (Fsp3) is 0.625. The lowest BCUT2D eigenvalue weighted by Crippen LogP contribution is -2.28. The summed E-state index contributed by atoms with van der Waals surface area (Å²) in [6.07, 6.45) is 0.932. The molecule has 20 heavy (non-hydrogen) atoms. The van der Waals surface area contributed by atoms with Gasteiger partial charge in [0.1, 0.15) is 5.69 Å². The van der Waals surface area contributed by atoms with E-state index in [4.69, 9.17) is 4.74 Å². The van der Waals surface area contributed by atoms with Crippen LogP contribution in [0.2, 0.25) is 0 Å². The summed E-state index contributed by atoms with van der Waals surface area (Å²) in [4.78, 5) is 16.6. The first-order chi connectivity index (χ1) is 9.15. The zero-order valence-electron chi connectivity index (χ0n) is 13.6. The molecule has 0 bridgehead atoms. The van der Waals surface area contributed by atoms with Crippen molar-refractivity contribution in [3.8, 4) is 5.88 Å². The van der Waals surface area contributed by atoms with Gasteiger partial charge in [-0.3, -0.25) is 4.79 Å². The van der Waals surface area contributed by atoms with Crippen molar-refractivity contribution in [1.82, 2.24) is 4.98 Å². The van der Waals surface area contributed by atoms with Crippen LogP contribution >= 0.6 is 0 Å². The van der Waals surface area contributed by atoms with E-state index in [1.165, 1.54) is 0 Å². The number of carbonyl (C=O) groups is 1. The van der Waals surface area contributed by atoms with Gasteiger partial charge in [0.2, 0.25) is 11.8 Å². The van der Waals surface area contributed by atoms with Gasteiger partial charge in [0, 0.05) is 11.1 Å². The predicted molar refractivity (Wildman–Crippen MR) is 82.2 cm³/mol. The Bertz CT molecular complexity index is 488. The standard InChI is InChI=1S/C16H26N2O2/c1-10(2)8-12-9-13(14(20-7)17-11(12)3)18-15(19)16(4,5)6/h9-10H,8H2,1-7H3,(H,18,19). The molecule has 0 aromatic carbocycles. The first-order valence-electron chi connectivity index (χ1n) is 7.01. The molecule has 0 saturated carbocycles. The molecule has 4 nitrogen and oxygen atoms in total. The summed E-state index contributed by atoms with van der Waals surface area (Å²) in [6, 6.07) is 1.98. The van der Waals surface area contributed by atoms with E-state index in [9.17, 15) is 4.79 Å². The van der Waals surface area contributed by atoms with E-state index >= 15 is 0 Å². The zero-order valence-corrected chi connectivity index (χ0v) is 13.6. The average molecular weight is 278 g/mol. The number of nitrogens with zero attached hydrogens (tertiary/aromatic N) is 1. The van der Waals surface area contributed by atoms with Gasteiger partial charge in [0.15, 0.2) is 0 Å². The molecule has 1 rings (SSSR count). The number of aromatic nitrogens is 1. The summed E-state index contributed by atoms with van der Waals surface area (Å²) in [5.41, 5.74) is 2.29. The van der Waals surface area contributed by atoms with Crippen molar-refractivity contribution < 1.29 is 9.53 Å². The molecule has 1 heterocycles. The Morgan fingerprint density at radius 3 is 2.45 bits per heavy atom. The highest BCUT2D eigenvalue weighted by atomic mass is 16.5. The average Bonchev–Trinajstić information content (AvgIpc) is 2.31. The molecule has 1 aromatic heterocycles. The second-order valence-electron chi connectivity index (χ2n) is 6.59. The molecule has 0 aliphatic rings. The van der Waals surface area contributed by atoms with Gasteiger partial charge in [0.05, 0.1) is 7.11 Å². The monoisotopic (exact) mass is 278 g/mol. The highest BCUT2D eigenvalue weighted by Gasteiger charge is 2.23. The number of amides is 1. The number of methoxy groups -OCH3 is 1. The van der Waals surface area contributed by atoms with Gasteiger partial charge >= 0.3 is 0 Å². The summed E-state index contributed by atoms with van der Waals surface area (Å²) in [6.45, 7) is 11.9. The molecule has 0 saturated heterocycles. The van der Waals surface area contributed by atoms with Crippen molar-refractivity contribution in [2.24, 2.45) is 11.3 Å². The lowest BCUT2D eigenvalue weighted by molar-refractivity contribution is -0.123. The number of ether oxygens (including phenoxy) is 1. The zero-order chi connectivity index (χ0) is 15.5. The third-order valence-electron chi connectivity index (χ3n) is 3.03. The van der Waals surface area contributed by atoms with Crippen molar-refractivity contribution >= 4 is 11.6 Å². The van der Waals surface area contributed by atoms with E-state index in [1.54, 1.807) is 7.11 Å². The van der Waals surface area contributed by atoms with E-state index in [0.717, 1.165) is 17.7 Å². The smallest absolute Gasteiger partial charge is 0.237 e. The van der Waals surface area contributed by atoms with Crippen LogP contribution in [0, 0.1) is 18.3 Å². The van der Waals surface area contributed by atoms with Crippen molar-refractivity contribution in [1.29, 1.82) is 0 Å². The summed E-state index contributed by atoms with van der Waals surface area (Å²) in [7, 11) is 1.57. The molecule has 112 valence electrons. The minimum Gasteiger partial charge on any atom is -0.480 e. The molecule has 1 amide bonds. The SMILES string of the molecule is COc1nc(C)c(CC(C)C)cc1NC(=O)C(C)(C)C. The Kier molecular flexibility index (Phi) is 5.15. The number of anilines is 1. The molecular weight excluding hydrogens is 252 g/mol. The summed E-state index contributed by atoms with van der Waals surface area (Å²) >= 11 is 0. The summed E-state index contributed by atoms with van der Waals surface area (Å²) in [5, 5.41) is 2.92. The predicted octanol–water partition coefficient (Wildman–Crippen LogP) is 3.58. The number of pyridine rings is 1. The van der Waals surface area contributed by atoms with E-state index in [-0.39, 0.29) is 5.91 Å². The van der Waals surface area contributed by atoms with Crippen molar-refractivity contribution in [3.63, 3.8) is 0 Å². The van der Waals surface area contributed by atoms with E-state index in [2.05, 4.69) is 24.1 Å². The third kappa shape index (κ3) is 4.22. The Labute approximate surface area is 121 Å². The van der Waals surface area contributed by atoms with Crippen LogP contribution in [-0.4, -0.2) is 18.0 Å². The van der Waals surface area contributed by atoms with Gasteiger partial charge in [-0.1, -0.05) is 34.6 Å². The third-order valence-corrected chi connectivity index (χ3v) is 3.03. The van der Waals surface area contributed by atoms with Crippen LogP contribution in [0.5, 0.6) is 5.88 Å². The van der Waals surface area contributed by atoms with Gasteiger partial charge < -0.3 is 10.1 Å². The van der Waals surface area contributed by atoms with Gasteiger partial charge in [-0.2, -0.15) is 0 Å². The van der Waals surface area contributed by atoms with Crippen LogP contribution < -0.4 is 10.1 Å². The molecule has 4 heteroatoms. The lowest BCUT2D eigenvalue weighted by Gasteiger charge is -2.20. The molecule has 0 aliphatic carbocycles. The Morgan fingerprint density at radius 1 is 1.40 bits per heavy atom. The minimum absolute atomic E-state index is 0.0445.